The summed E-state index contributed by atoms with van der Waals surface area (Å²) >= 11 is 0. The minimum Gasteiger partial charge on any atom is -0.381 e. The molecular formula is C13H18N4O2. The topological polar surface area (TPSA) is 64.3 Å². The van der Waals surface area contributed by atoms with E-state index >= 15 is 0 Å². The Bertz CT molecular complexity index is 563. The molecule has 102 valence electrons. The second-order valence-electron chi connectivity index (χ2n) is 5.08. The van der Waals surface area contributed by atoms with Gasteiger partial charge in [-0.2, -0.15) is 4.98 Å². The summed E-state index contributed by atoms with van der Waals surface area (Å²) in [5, 5.41) is 4.88. The van der Waals surface area contributed by atoms with Crippen molar-refractivity contribution in [2.75, 3.05) is 31.7 Å². The fraction of sp³-hybridized carbons (Fsp3) is 0.615. The van der Waals surface area contributed by atoms with E-state index in [2.05, 4.69) is 27.1 Å². The predicted octanol–water partition coefficient (Wildman–Crippen LogP) is 1.79. The van der Waals surface area contributed by atoms with Crippen LogP contribution in [0.3, 0.4) is 0 Å². The van der Waals surface area contributed by atoms with Gasteiger partial charge in [0.15, 0.2) is 0 Å². The van der Waals surface area contributed by atoms with Gasteiger partial charge in [0.1, 0.15) is 17.5 Å². The van der Waals surface area contributed by atoms with Gasteiger partial charge in [0.25, 0.3) is 5.71 Å². The first-order chi connectivity index (χ1) is 9.25. The second-order valence-corrected chi connectivity index (χ2v) is 5.08. The van der Waals surface area contributed by atoms with E-state index in [1.165, 1.54) is 6.33 Å². The van der Waals surface area contributed by atoms with E-state index in [0.29, 0.717) is 11.6 Å². The summed E-state index contributed by atoms with van der Waals surface area (Å²) in [5.74, 6) is 1.55. The van der Waals surface area contributed by atoms with Crippen molar-refractivity contribution in [2.45, 2.75) is 19.8 Å². The van der Waals surface area contributed by atoms with E-state index in [1.54, 1.807) is 0 Å². The summed E-state index contributed by atoms with van der Waals surface area (Å²) in [6.07, 6.45) is 3.76. The van der Waals surface area contributed by atoms with Crippen molar-refractivity contribution in [3.8, 4) is 0 Å². The van der Waals surface area contributed by atoms with Crippen molar-refractivity contribution in [2.24, 2.45) is 5.92 Å². The fourth-order valence-corrected chi connectivity index (χ4v) is 2.60. The minimum atomic E-state index is 0.557. The molecule has 0 aromatic carbocycles. The quantitative estimate of drug-likeness (QED) is 0.840. The summed E-state index contributed by atoms with van der Waals surface area (Å²) in [4.78, 5) is 10.7. The highest BCUT2D eigenvalue weighted by Gasteiger charge is 2.20. The van der Waals surface area contributed by atoms with Crippen LogP contribution in [0, 0.1) is 12.8 Å². The van der Waals surface area contributed by atoms with Crippen molar-refractivity contribution in [1.29, 1.82) is 0 Å². The Morgan fingerprint density at radius 1 is 1.32 bits per heavy atom. The lowest BCUT2D eigenvalue weighted by molar-refractivity contribution is 0.0685. The molecule has 0 saturated carbocycles. The molecule has 1 fully saturated rings. The molecule has 1 aliphatic rings. The first-order valence-electron chi connectivity index (χ1n) is 6.61. The second kappa shape index (κ2) is 5.13. The van der Waals surface area contributed by atoms with Gasteiger partial charge in [0, 0.05) is 26.8 Å². The largest absolute Gasteiger partial charge is 0.381 e. The molecule has 6 heteroatoms. The van der Waals surface area contributed by atoms with Gasteiger partial charge in [0.2, 0.25) is 0 Å². The number of hydrogen-bond donors (Lipinski definition) is 0. The standard InChI is InChI=1S/C13H18N4O2/c1-9-11-12(14-8-15-13(11)19-16-9)17(2)7-10-3-5-18-6-4-10/h8,10H,3-7H2,1-2H3. The Balaban J connectivity index is 1.84. The highest BCUT2D eigenvalue weighted by atomic mass is 16.5. The lowest BCUT2D eigenvalue weighted by Crippen LogP contribution is -2.30. The molecule has 0 N–H and O–H groups in total. The zero-order valence-electron chi connectivity index (χ0n) is 11.3. The minimum absolute atomic E-state index is 0.557. The molecule has 0 aliphatic carbocycles. The summed E-state index contributed by atoms with van der Waals surface area (Å²) in [7, 11) is 2.06. The number of rotatable bonds is 3. The smallest absolute Gasteiger partial charge is 0.263 e. The number of nitrogens with zero attached hydrogens (tertiary/aromatic N) is 4. The lowest BCUT2D eigenvalue weighted by Gasteiger charge is -2.27. The molecule has 19 heavy (non-hydrogen) atoms. The molecule has 0 radical (unpaired) electrons. The molecule has 1 saturated heterocycles. The Labute approximate surface area is 111 Å². The van der Waals surface area contributed by atoms with Gasteiger partial charge in [-0.05, 0) is 25.7 Å². The summed E-state index contributed by atoms with van der Waals surface area (Å²) in [6, 6.07) is 0. The van der Waals surface area contributed by atoms with Crippen LogP contribution in [0.5, 0.6) is 0 Å². The van der Waals surface area contributed by atoms with Crippen LogP contribution in [0.25, 0.3) is 11.1 Å². The summed E-state index contributed by atoms with van der Waals surface area (Å²) in [5.41, 5.74) is 1.39. The number of hydrogen-bond acceptors (Lipinski definition) is 6. The van der Waals surface area contributed by atoms with Crippen LogP contribution in [0.4, 0.5) is 5.82 Å². The molecule has 0 unspecified atom stereocenters. The number of aromatic nitrogens is 3. The van der Waals surface area contributed by atoms with E-state index in [1.807, 2.05) is 6.92 Å². The van der Waals surface area contributed by atoms with Crippen LogP contribution < -0.4 is 4.90 Å². The maximum Gasteiger partial charge on any atom is 0.263 e. The first-order valence-corrected chi connectivity index (χ1v) is 6.61. The van der Waals surface area contributed by atoms with Gasteiger partial charge in [-0.3, -0.25) is 0 Å². The Hall–Kier alpha value is -1.69. The van der Waals surface area contributed by atoms with Crippen LogP contribution in [-0.2, 0) is 4.74 Å². The third-order valence-corrected chi connectivity index (χ3v) is 3.66. The molecule has 2 aromatic heterocycles. The van der Waals surface area contributed by atoms with E-state index in [9.17, 15) is 0 Å². The van der Waals surface area contributed by atoms with E-state index in [4.69, 9.17) is 9.26 Å². The van der Waals surface area contributed by atoms with Crippen molar-refractivity contribution in [3.05, 3.63) is 12.0 Å². The summed E-state index contributed by atoms with van der Waals surface area (Å²) < 4.78 is 10.6. The monoisotopic (exact) mass is 262 g/mol. The molecule has 0 amide bonds. The van der Waals surface area contributed by atoms with Crippen LogP contribution in [0.15, 0.2) is 10.9 Å². The van der Waals surface area contributed by atoms with Crippen LogP contribution in [0.2, 0.25) is 0 Å². The van der Waals surface area contributed by atoms with Crippen molar-refractivity contribution >= 4 is 16.9 Å². The van der Waals surface area contributed by atoms with Gasteiger partial charge >= 0.3 is 0 Å². The molecule has 0 bridgehead atoms. The number of anilines is 1. The van der Waals surface area contributed by atoms with E-state index < -0.39 is 0 Å². The van der Waals surface area contributed by atoms with Crippen LogP contribution >= 0.6 is 0 Å². The fourth-order valence-electron chi connectivity index (χ4n) is 2.60. The van der Waals surface area contributed by atoms with Gasteiger partial charge in [-0.15, -0.1) is 0 Å². The maximum atomic E-state index is 5.39. The lowest BCUT2D eigenvalue weighted by atomic mass is 10.00. The Morgan fingerprint density at radius 3 is 2.89 bits per heavy atom. The molecule has 6 nitrogen and oxygen atoms in total. The molecule has 0 spiro atoms. The normalized spacial score (nSPS) is 16.9. The number of fused-ring (bicyclic) bond motifs is 1. The molecule has 3 rings (SSSR count). The van der Waals surface area contributed by atoms with Crippen molar-refractivity contribution in [1.82, 2.24) is 15.1 Å². The third kappa shape index (κ3) is 2.40. The predicted molar refractivity (Wildman–Crippen MR) is 71.1 cm³/mol. The third-order valence-electron chi connectivity index (χ3n) is 3.66. The molecule has 2 aromatic rings. The zero-order valence-corrected chi connectivity index (χ0v) is 11.3. The van der Waals surface area contributed by atoms with Crippen LogP contribution in [0.1, 0.15) is 18.5 Å². The molecular weight excluding hydrogens is 244 g/mol. The maximum absolute atomic E-state index is 5.39. The number of ether oxygens (including phenoxy) is 1. The van der Waals surface area contributed by atoms with Gasteiger partial charge in [0.05, 0.1) is 5.69 Å². The molecule has 3 heterocycles. The van der Waals surface area contributed by atoms with Crippen molar-refractivity contribution < 1.29 is 9.26 Å². The molecule has 0 atom stereocenters. The summed E-state index contributed by atoms with van der Waals surface area (Å²) in [6.45, 7) is 4.62. The first kappa shape index (κ1) is 12.3. The highest BCUT2D eigenvalue weighted by Crippen LogP contribution is 2.26. The average molecular weight is 262 g/mol. The van der Waals surface area contributed by atoms with Gasteiger partial charge < -0.3 is 14.2 Å². The highest BCUT2D eigenvalue weighted by molar-refractivity contribution is 5.87. The van der Waals surface area contributed by atoms with E-state index in [-0.39, 0.29) is 0 Å². The Kier molecular flexibility index (Phi) is 3.33. The van der Waals surface area contributed by atoms with E-state index in [0.717, 1.165) is 49.5 Å². The molecule has 1 aliphatic heterocycles. The van der Waals surface area contributed by atoms with Gasteiger partial charge in [-0.25, -0.2) is 4.98 Å². The average Bonchev–Trinajstić information content (AvgIpc) is 2.82. The van der Waals surface area contributed by atoms with Crippen molar-refractivity contribution in [3.63, 3.8) is 0 Å². The van der Waals surface area contributed by atoms with Gasteiger partial charge in [-0.1, -0.05) is 5.16 Å². The Morgan fingerprint density at radius 2 is 2.11 bits per heavy atom. The van der Waals surface area contributed by atoms with Crippen LogP contribution in [-0.4, -0.2) is 41.9 Å². The zero-order chi connectivity index (χ0) is 13.2. The number of aryl methyl sites for hydroxylation is 1. The SMILES string of the molecule is Cc1noc2ncnc(N(C)CC3CCOCC3)c12.